The van der Waals surface area contributed by atoms with Crippen molar-refractivity contribution in [1.29, 1.82) is 0 Å². The minimum Gasteiger partial charge on any atom is -0.316 e. The molecule has 0 aromatic carbocycles. The Balaban J connectivity index is 1.45. The fourth-order valence-corrected chi connectivity index (χ4v) is 5.04. The van der Waals surface area contributed by atoms with E-state index in [0.717, 1.165) is 29.7 Å². The van der Waals surface area contributed by atoms with Crippen LogP contribution in [0.1, 0.15) is 52.4 Å². The molecule has 0 amide bonds. The lowest BCUT2D eigenvalue weighted by atomic mass is 9.83. The molecule has 19 heavy (non-hydrogen) atoms. The number of hydrogen-bond acceptors (Lipinski definition) is 2. The zero-order valence-corrected chi connectivity index (χ0v) is 12.9. The van der Waals surface area contributed by atoms with Gasteiger partial charge in [0.15, 0.2) is 0 Å². The van der Waals surface area contributed by atoms with Gasteiger partial charge in [0, 0.05) is 12.6 Å². The van der Waals surface area contributed by atoms with Crippen molar-refractivity contribution in [3.8, 4) is 0 Å². The molecule has 2 nitrogen and oxygen atoms in total. The quantitative estimate of drug-likeness (QED) is 0.742. The normalized spacial score (nSPS) is 40.1. The van der Waals surface area contributed by atoms with Crippen LogP contribution < -0.4 is 5.32 Å². The molecule has 3 fully saturated rings. The maximum absolute atomic E-state index is 3.61. The summed E-state index contributed by atoms with van der Waals surface area (Å²) < 4.78 is 0. The van der Waals surface area contributed by atoms with Gasteiger partial charge in [0.05, 0.1) is 0 Å². The van der Waals surface area contributed by atoms with Crippen LogP contribution in [0.3, 0.4) is 0 Å². The average Bonchev–Trinajstić information content (AvgIpc) is 3.14. The smallest absolute Gasteiger partial charge is 0.00980 e. The summed E-state index contributed by atoms with van der Waals surface area (Å²) in [6, 6.07) is 0.853. The van der Waals surface area contributed by atoms with Gasteiger partial charge in [0.25, 0.3) is 0 Å². The Morgan fingerprint density at radius 3 is 2.79 bits per heavy atom. The lowest BCUT2D eigenvalue weighted by Crippen LogP contribution is -2.39. The fraction of sp³-hybridized carbons (Fsp3) is 1.00. The maximum Gasteiger partial charge on any atom is 0.00980 e. The summed E-state index contributed by atoms with van der Waals surface area (Å²) in [5.74, 6) is 4.12. The van der Waals surface area contributed by atoms with Crippen LogP contribution in [0.25, 0.3) is 0 Å². The van der Waals surface area contributed by atoms with Crippen molar-refractivity contribution < 1.29 is 0 Å². The Morgan fingerprint density at radius 1 is 1.21 bits per heavy atom. The molecular formula is C17H32N2. The molecule has 3 aliphatic rings. The maximum atomic E-state index is 3.61. The van der Waals surface area contributed by atoms with Crippen molar-refractivity contribution in [1.82, 2.24) is 10.2 Å². The van der Waals surface area contributed by atoms with Gasteiger partial charge in [-0.05, 0) is 82.3 Å². The molecule has 2 bridgehead atoms. The molecule has 2 aliphatic carbocycles. The second-order valence-electron chi connectivity index (χ2n) is 7.43. The third-order valence-electron chi connectivity index (χ3n) is 6.17. The standard InChI is InChI=1S/C17H32N2/c1-3-7-18-11-15-6-8-19(12-15)13(2)17-10-14-4-5-16(17)9-14/h13-18H,3-12H2,1-2H3. The van der Waals surface area contributed by atoms with Crippen LogP contribution >= 0.6 is 0 Å². The third kappa shape index (κ3) is 3.00. The zero-order chi connectivity index (χ0) is 13.2. The Labute approximate surface area is 119 Å². The van der Waals surface area contributed by atoms with Gasteiger partial charge in [0.2, 0.25) is 0 Å². The van der Waals surface area contributed by atoms with Crippen molar-refractivity contribution >= 4 is 0 Å². The minimum absolute atomic E-state index is 0.853. The van der Waals surface area contributed by atoms with Crippen LogP contribution in [0.2, 0.25) is 0 Å². The van der Waals surface area contributed by atoms with Crippen molar-refractivity contribution in [2.24, 2.45) is 23.7 Å². The molecule has 1 heterocycles. The first-order chi connectivity index (χ1) is 9.28. The Morgan fingerprint density at radius 2 is 2.11 bits per heavy atom. The summed E-state index contributed by atoms with van der Waals surface area (Å²) in [4.78, 5) is 2.81. The van der Waals surface area contributed by atoms with Gasteiger partial charge >= 0.3 is 0 Å². The second-order valence-corrected chi connectivity index (χ2v) is 7.43. The highest BCUT2D eigenvalue weighted by molar-refractivity contribution is 4.96. The first kappa shape index (κ1) is 13.9. The molecule has 5 atom stereocenters. The third-order valence-corrected chi connectivity index (χ3v) is 6.17. The molecule has 5 unspecified atom stereocenters. The van der Waals surface area contributed by atoms with Crippen LogP contribution in [-0.2, 0) is 0 Å². The van der Waals surface area contributed by atoms with E-state index >= 15 is 0 Å². The molecule has 1 aliphatic heterocycles. The van der Waals surface area contributed by atoms with Gasteiger partial charge in [-0.15, -0.1) is 0 Å². The molecule has 1 N–H and O–H groups in total. The summed E-state index contributed by atoms with van der Waals surface area (Å²) >= 11 is 0. The highest BCUT2D eigenvalue weighted by atomic mass is 15.2. The first-order valence-corrected chi connectivity index (χ1v) is 8.72. The van der Waals surface area contributed by atoms with E-state index in [0.29, 0.717) is 0 Å². The molecule has 1 saturated heterocycles. The Kier molecular flexibility index (Phi) is 4.48. The number of rotatable bonds is 6. The predicted octanol–water partition coefficient (Wildman–Crippen LogP) is 3.13. The van der Waals surface area contributed by atoms with Gasteiger partial charge in [-0.25, -0.2) is 0 Å². The van der Waals surface area contributed by atoms with Crippen LogP contribution in [0.15, 0.2) is 0 Å². The van der Waals surface area contributed by atoms with Gasteiger partial charge in [-0.3, -0.25) is 0 Å². The van der Waals surface area contributed by atoms with E-state index in [1.807, 2.05) is 0 Å². The summed E-state index contributed by atoms with van der Waals surface area (Å²) in [5, 5.41) is 3.61. The Bertz CT molecular complexity index is 291. The van der Waals surface area contributed by atoms with Crippen molar-refractivity contribution in [2.45, 2.75) is 58.4 Å². The molecule has 0 aromatic heterocycles. The summed E-state index contributed by atoms with van der Waals surface area (Å²) in [5.41, 5.74) is 0. The van der Waals surface area contributed by atoms with Gasteiger partial charge in [-0.1, -0.05) is 13.3 Å². The van der Waals surface area contributed by atoms with Gasteiger partial charge < -0.3 is 10.2 Å². The highest BCUT2D eigenvalue weighted by Crippen LogP contribution is 2.50. The van der Waals surface area contributed by atoms with Crippen LogP contribution in [0, 0.1) is 23.7 Å². The number of fused-ring (bicyclic) bond motifs is 2. The van der Waals surface area contributed by atoms with E-state index in [1.165, 1.54) is 51.9 Å². The molecule has 2 saturated carbocycles. The molecule has 0 aromatic rings. The molecule has 0 radical (unpaired) electrons. The first-order valence-electron chi connectivity index (χ1n) is 8.72. The number of nitrogens with zero attached hydrogens (tertiary/aromatic N) is 1. The van der Waals surface area contributed by atoms with Crippen molar-refractivity contribution in [2.75, 3.05) is 26.2 Å². The molecule has 3 rings (SSSR count). The fourth-order valence-electron chi connectivity index (χ4n) is 5.04. The van der Waals surface area contributed by atoms with E-state index < -0.39 is 0 Å². The number of likely N-dealkylation sites (tertiary alicyclic amines) is 1. The molecule has 110 valence electrons. The molecule has 2 heteroatoms. The molecular weight excluding hydrogens is 232 g/mol. The summed E-state index contributed by atoms with van der Waals surface area (Å²) in [6.07, 6.45) is 8.86. The number of nitrogens with one attached hydrogen (secondary N) is 1. The topological polar surface area (TPSA) is 15.3 Å². The lowest BCUT2D eigenvalue weighted by Gasteiger charge is -2.34. The highest BCUT2D eigenvalue weighted by Gasteiger charge is 2.43. The SMILES string of the molecule is CCCNCC1CCN(C(C)C2CC3CCC2C3)C1. The summed E-state index contributed by atoms with van der Waals surface area (Å²) in [7, 11) is 0. The summed E-state index contributed by atoms with van der Waals surface area (Å²) in [6.45, 7) is 9.92. The zero-order valence-electron chi connectivity index (χ0n) is 12.9. The van der Waals surface area contributed by atoms with E-state index in [4.69, 9.17) is 0 Å². The monoisotopic (exact) mass is 264 g/mol. The van der Waals surface area contributed by atoms with Crippen molar-refractivity contribution in [3.05, 3.63) is 0 Å². The van der Waals surface area contributed by atoms with E-state index in [2.05, 4.69) is 24.1 Å². The van der Waals surface area contributed by atoms with E-state index in [9.17, 15) is 0 Å². The van der Waals surface area contributed by atoms with Crippen LogP contribution in [-0.4, -0.2) is 37.1 Å². The predicted molar refractivity (Wildman–Crippen MR) is 81.2 cm³/mol. The largest absolute Gasteiger partial charge is 0.316 e. The minimum atomic E-state index is 0.853. The van der Waals surface area contributed by atoms with Gasteiger partial charge in [-0.2, -0.15) is 0 Å². The van der Waals surface area contributed by atoms with Gasteiger partial charge in [0.1, 0.15) is 0 Å². The van der Waals surface area contributed by atoms with E-state index in [-0.39, 0.29) is 0 Å². The van der Waals surface area contributed by atoms with E-state index in [1.54, 1.807) is 12.8 Å². The average molecular weight is 264 g/mol. The van der Waals surface area contributed by atoms with Crippen LogP contribution in [0.5, 0.6) is 0 Å². The van der Waals surface area contributed by atoms with Crippen LogP contribution in [0.4, 0.5) is 0 Å². The Hall–Kier alpha value is -0.0800. The molecule has 0 spiro atoms. The second kappa shape index (κ2) is 6.13. The van der Waals surface area contributed by atoms with Crippen molar-refractivity contribution in [3.63, 3.8) is 0 Å². The number of hydrogen-bond donors (Lipinski definition) is 1. The lowest BCUT2D eigenvalue weighted by molar-refractivity contribution is 0.140.